The molecule has 0 amide bonds. The van der Waals surface area contributed by atoms with Gasteiger partial charge in [-0.3, -0.25) is 4.98 Å². The second-order valence-electron chi connectivity index (χ2n) is 4.26. The number of hydrogen-bond donors (Lipinski definition) is 1. The van der Waals surface area contributed by atoms with E-state index in [1.54, 1.807) is 13.0 Å². The third-order valence-corrected chi connectivity index (χ3v) is 2.91. The number of carbonyl (C=O) groups is 1. The topological polar surface area (TPSA) is 59.4 Å². The lowest BCUT2D eigenvalue weighted by Gasteiger charge is -2.28. The average Bonchev–Trinajstić information content (AvgIpc) is 2.15. The van der Waals surface area contributed by atoms with Crippen LogP contribution in [0.2, 0.25) is 0 Å². The summed E-state index contributed by atoms with van der Waals surface area (Å²) >= 11 is 0. The molecule has 1 aliphatic rings. The SMILES string of the molecule is Cc1nc2c(cc1C(=O)O)C(C)OC(C)C2. The molecule has 16 heavy (non-hydrogen) atoms. The Labute approximate surface area is 94.3 Å². The van der Waals surface area contributed by atoms with E-state index < -0.39 is 5.97 Å². The largest absolute Gasteiger partial charge is 0.478 e. The smallest absolute Gasteiger partial charge is 0.337 e. The first-order valence-electron chi connectivity index (χ1n) is 5.38. The third kappa shape index (κ3) is 1.80. The molecule has 0 aliphatic carbocycles. The van der Waals surface area contributed by atoms with Crippen LogP contribution in [0.25, 0.3) is 0 Å². The van der Waals surface area contributed by atoms with Crippen molar-refractivity contribution in [3.63, 3.8) is 0 Å². The molecule has 0 aromatic carbocycles. The lowest BCUT2D eigenvalue weighted by atomic mass is 9.97. The van der Waals surface area contributed by atoms with Crippen LogP contribution < -0.4 is 0 Å². The number of nitrogens with zero attached hydrogens (tertiary/aromatic N) is 1. The molecule has 2 rings (SSSR count). The van der Waals surface area contributed by atoms with Gasteiger partial charge >= 0.3 is 5.97 Å². The van der Waals surface area contributed by atoms with Crippen LogP contribution >= 0.6 is 0 Å². The second kappa shape index (κ2) is 3.87. The van der Waals surface area contributed by atoms with Crippen molar-refractivity contribution in [2.24, 2.45) is 0 Å². The van der Waals surface area contributed by atoms with Crippen LogP contribution in [0.3, 0.4) is 0 Å². The molecular weight excluding hydrogens is 206 g/mol. The number of aromatic nitrogens is 1. The summed E-state index contributed by atoms with van der Waals surface area (Å²) < 4.78 is 5.65. The van der Waals surface area contributed by atoms with Gasteiger partial charge in [-0.05, 0) is 26.8 Å². The Balaban J connectivity index is 2.53. The predicted octanol–water partition coefficient (Wildman–Crippen LogP) is 2.11. The summed E-state index contributed by atoms with van der Waals surface area (Å²) in [4.78, 5) is 15.4. The number of pyridine rings is 1. The monoisotopic (exact) mass is 221 g/mol. The molecule has 1 aliphatic heterocycles. The Kier molecular flexibility index (Phi) is 2.68. The van der Waals surface area contributed by atoms with Crippen molar-refractivity contribution in [2.45, 2.75) is 39.4 Å². The average molecular weight is 221 g/mol. The fourth-order valence-corrected chi connectivity index (χ4v) is 2.14. The lowest BCUT2D eigenvalue weighted by Crippen LogP contribution is -2.24. The number of aromatic carboxylic acids is 1. The summed E-state index contributed by atoms with van der Waals surface area (Å²) in [5.74, 6) is -0.932. The van der Waals surface area contributed by atoms with E-state index >= 15 is 0 Å². The van der Waals surface area contributed by atoms with Crippen LogP contribution in [-0.2, 0) is 11.2 Å². The maximum Gasteiger partial charge on any atom is 0.337 e. The summed E-state index contributed by atoms with van der Waals surface area (Å²) in [6.07, 6.45) is 0.815. The number of rotatable bonds is 1. The summed E-state index contributed by atoms with van der Waals surface area (Å²) in [5, 5.41) is 9.02. The standard InChI is InChI=1S/C12H15NO3/c1-6-4-11-10(8(3)16-6)5-9(12(14)15)7(2)13-11/h5-6,8H,4H2,1-3H3,(H,14,15). The zero-order chi connectivity index (χ0) is 11.9. The highest BCUT2D eigenvalue weighted by atomic mass is 16.5. The van der Waals surface area contributed by atoms with Gasteiger partial charge in [0.15, 0.2) is 0 Å². The molecule has 0 saturated carbocycles. The lowest BCUT2D eigenvalue weighted by molar-refractivity contribution is -0.00603. The molecule has 1 aromatic heterocycles. The van der Waals surface area contributed by atoms with Crippen LogP contribution in [0.5, 0.6) is 0 Å². The van der Waals surface area contributed by atoms with Gasteiger partial charge in [0, 0.05) is 17.7 Å². The first-order chi connectivity index (χ1) is 7.49. The van der Waals surface area contributed by atoms with E-state index in [2.05, 4.69) is 4.98 Å². The van der Waals surface area contributed by atoms with E-state index in [9.17, 15) is 4.79 Å². The third-order valence-electron chi connectivity index (χ3n) is 2.91. The molecule has 2 atom stereocenters. The van der Waals surface area contributed by atoms with Crippen molar-refractivity contribution < 1.29 is 14.6 Å². The molecule has 0 spiro atoms. The van der Waals surface area contributed by atoms with Gasteiger partial charge < -0.3 is 9.84 Å². The molecule has 2 unspecified atom stereocenters. The van der Waals surface area contributed by atoms with Crippen LogP contribution in [0.1, 0.15) is 47.3 Å². The van der Waals surface area contributed by atoms with Crippen molar-refractivity contribution in [3.05, 3.63) is 28.6 Å². The molecule has 4 nitrogen and oxygen atoms in total. The van der Waals surface area contributed by atoms with Gasteiger partial charge in [0.2, 0.25) is 0 Å². The van der Waals surface area contributed by atoms with Gasteiger partial charge in [0.25, 0.3) is 0 Å². The summed E-state index contributed by atoms with van der Waals surface area (Å²) in [6, 6.07) is 1.69. The quantitative estimate of drug-likeness (QED) is 0.789. The maximum absolute atomic E-state index is 11.0. The molecule has 86 valence electrons. The molecule has 1 N–H and O–H groups in total. The first-order valence-corrected chi connectivity index (χ1v) is 5.38. The number of ether oxygens (including phenoxy) is 1. The molecule has 0 radical (unpaired) electrons. The van der Waals surface area contributed by atoms with Crippen LogP contribution in [0.15, 0.2) is 6.07 Å². The van der Waals surface area contributed by atoms with Crippen LogP contribution in [0.4, 0.5) is 0 Å². The van der Waals surface area contributed by atoms with Gasteiger partial charge in [-0.1, -0.05) is 0 Å². The molecule has 2 heterocycles. The Morgan fingerprint density at radius 1 is 1.56 bits per heavy atom. The Morgan fingerprint density at radius 2 is 2.25 bits per heavy atom. The minimum atomic E-state index is -0.932. The molecule has 0 bridgehead atoms. The second-order valence-corrected chi connectivity index (χ2v) is 4.26. The summed E-state index contributed by atoms with van der Waals surface area (Å²) in [5.41, 5.74) is 2.71. The normalized spacial score (nSPS) is 23.9. The van der Waals surface area contributed by atoms with Gasteiger partial charge in [-0.25, -0.2) is 4.79 Å². The first kappa shape index (κ1) is 11.1. The highest BCUT2D eigenvalue weighted by Crippen LogP contribution is 2.30. The number of carboxylic acids is 1. The van der Waals surface area contributed by atoms with Crippen molar-refractivity contribution >= 4 is 5.97 Å². The van der Waals surface area contributed by atoms with Crippen LogP contribution in [-0.4, -0.2) is 22.2 Å². The van der Waals surface area contributed by atoms with Gasteiger partial charge in [0.1, 0.15) is 0 Å². The Bertz CT molecular complexity index is 442. The van der Waals surface area contributed by atoms with E-state index in [1.165, 1.54) is 0 Å². The number of carboxylic acid groups (broad SMARTS) is 1. The Hall–Kier alpha value is -1.42. The molecule has 0 fully saturated rings. The van der Waals surface area contributed by atoms with E-state index in [0.717, 1.165) is 17.7 Å². The van der Waals surface area contributed by atoms with E-state index in [-0.39, 0.29) is 17.8 Å². The minimum Gasteiger partial charge on any atom is -0.478 e. The molecular formula is C12H15NO3. The zero-order valence-corrected chi connectivity index (χ0v) is 9.65. The molecule has 4 heteroatoms. The highest BCUT2D eigenvalue weighted by molar-refractivity contribution is 5.89. The van der Waals surface area contributed by atoms with Gasteiger partial charge in [0.05, 0.1) is 23.5 Å². The minimum absolute atomic E-state index is 0.0788. The van der Waals surface area contributed by atoms with Crippen molar-refractivity contribution in [1.29, 1.82) is 0 Å². The Morgan fingerprint density at radius 3 is 2.88 bits per heavy atom. The maximum atomic E-state index is 11.0. The fraction of sp³-hybridized carbons (Fsp3) is 0.500. The highest BCUT2D eigenvalue weighted by Gasteiger charge is 2.25. The molecule has 0 saturated heterocycles. The van der Waals surface area contributed by atoms with Crippen LogP contribution in [0, 0.1) is 6.92 Å². The van der Waals surface area contributed by atoms with E-state index in [1.807, 2.05) is 13.8 Å². The van der Waals surface area contributed by atoms with Gasteiger partial charge in [-0.2, -0.15) is 0 Å². The van der Waals surface area contributed by atoms with Crippen molar-refractivity contribution in [3.8, 4) is 0 Å². The van der Waals surface area contributed by atoms with E-state index in [0.29, 0.717) is 5.69 Å². The number of hydrogen-bond acceptors (Lipinski definition) is 3. The summed E-state index contributed by atoms with van der Waals surface area (Å²) in [6.45, 7) is 5.66. The zero-order valence-electron chi connectivity index (χ0n) is 9.65. The number of aryl methyl sites for hydroxylation is 1. The predicted molar refractivity (Wildman–Crippen MR) is 58.6 cm³/mol. The number of fused-ring (bicyclic) bond motifs is 1. The summed E-state index contributed by atoms with van der Waals surface area (Å²) in [7, 11) is 0. The fourth-order valence-electron chi connectivity index (χ4n) is 2.14. The van der Waals surface area contributed by atoms with Gasteiger partial charge in [-0.15, -0.1) is 0 Å². The molecule has 1 aromatic rings. The van der Waals surface area contributed by atoms with Crippen molar-refractivity contribution in [2.75, 3.05) is 0 Å². The van der Waals surface area contributed by atoms with E-state index in [4.69, 9.17) is 9.84 Å². The van der Waals surface area contributed by atoms with Crippen molar-refractivity contribution in [1.82, 2.24) is 4.98 Å².